The minimum absolute atomic E-state index is 0.164. The summed E-state index contributed by atoms with van der Waals surface area (Å²) in [5, 5.41) is 3.11. The molecule has 0 amide bonds. The van der Waals surface area contributed by atoms with E-state index in [0.29, 0.717) is 0 Å². The van der Waals surface area contributed by atoms with Crippen molar-refractivity contribution in [2.24, 2.45) is 0 Å². The first-order valence-electron chi connectivity index (χ1n) is 11.3. The molecule has 0 aliphatic heterocycles. The first-order valence-corrected chi connectivity index (χ1v) is 13.3. The molecule has 0 atom stereocenters. The van der Waals surface area contributed by atoms with Crippen LogP contribution in [0.1, 0.15) is 28.2 Å². The average molecular weight is 445 g/mol. The highest BCUT2D eigenvalue weighted by atomic mass is 28.1. The van der Waals surface area contributed by atoms with Gasteiger partial charge in [0, 0.05) is 26.4 Å². The second-order valence-corrected chi connectivity index (χ2v) is 10.7. The Kier molecular flexibility index (Phi) is 5.65. The molecule has 32 heavy (non-hydrogen) atoms. The Hall–Kier alpha value is -3.21. The smallest absolute Gasteiger partial charge is 0.0555 e. The Bertz CT molecular complexity index is 1180. The highest BCUT2D eigenvalue weighted by Crippen LogP contribution is 2.51. The third-order valence-electron chi connectivity index (χ3n) is 6.87. The van der Waals surface area contributed by atoms with Crippen LogP contribution in [-0.4, -0.2) is 20.5 Å². The molecule has 0 bridgehead atoms. The van der Waals surface area contributed by atoms with Crippen LogP contribution in [0.15, 0.2) is 143 Å². The second-order valence-electron chi connectivity index (χ2n) is 8.66. The Balaban J connectivity index is 1.80. The van der Waals surface area contributed by atoms with Crippen LogP contribution in [-0.2, 0) is 5.41 Å². The zero-order chi connectivity index (χ0) is 22.0. The van der Waals surface area contributed by atoms with Gasteiger partial charge in [-0.1, -0.05) is 138 Å². The lowest BCUT2D eigenvalue weighted by atomic mass is 9.74. The lowest BCUT2D eigenvalue weighted by Gasteiger charge is -2.33. The molecule has 0 heterocycles. The topological polar surface area (TPSA) is 0 Å². The molecule has 0 saturated heterocycles. The van der Waals surface area contributed by atoms with Gasteiger partial charge in [0.15, 0.2) is 0 Å². The first-order chi connectivity index (χ1) is 15.7. The maximum absolute atomic E-state index is 2.58. The number of allylic oxidation sites excluding steroid dienone is 4. The zero-order valence-corrected chi connectivity index (χ0v) is 22.7. The SMILES string of the molecule is [SiH3]C1=CC(c2ccccc2)(c2ccccc2)C([SiH3])=C1C(c1ccccc1)c1ccccc1. The molecular formula is C30H28Si2. The van der Waals surface area contributed by atoms with Crippen LogP contribution in [0.25, 0.3) is 0 Å². The van der Waals surface area contributed by atoms with E-state index in [2.05, 4.69) is 127 Å². The van der Waals surface area contributed by atoms with E-state index in [0.717, 1.165) is 20.5 Å². The summed E-state index contributed by atoms with van der Waals surface area (Å²) in [4.78, 5) is 0. The highest BCUT2D eigenvalue weighted by Gasteiger charge is 2.41. The first kappa shape index (κ1) is 20.7. The lowest BCUT2D eigenvalue weighted by Crippen LogP contribution is -2.27. The molecule has 0 fully saturated rings. The molecule has 0 nitrogen and oxygen atoms in total. The predicted molar refractivity (Wildman–Crippen MR) is 143 cm³/mol. The summed E-state index contributed by atoms with van der Waals surface area (Å²) >= 11 is 0. The van der Waals surface area contributed by atoms with Gasteiger partial charge >= 0.3 is 0 Å². The number of hydrogen-bond acceptors (Lipinski definition) is 0. The van der Waals surface area contributed by atoms with Gasteiger partial charge in [0.05, 0.1) is 5.41 Å². The Morgan fingerprint density at radius 1 is 0.500 bits per heavy atom. The van der Waals surface area contributed by atoms with E-state index in [1.807, 2.05) is 0 Å². The predicted octanol–water partition coefficient (Wildman–Crippen LogP) is 4.69. The van der Waals surface area contributed by atoms with E-state index in [-0.39, 0.29) is 11.3 Å². The van der Waals surface area contributed by atoms with Gasteiger partial charge in [-0.2, -0.15) is 0 Å². The minimum Gasteiger partial charge on any atom is -0.0697 e. The van der Waals surface area contributed by atoms with Crippen molar-refractivity contribution in [1.29, 1.82) is 0 Å². The molecule has 4 aromatic carbocycles. The molecule has 0 spiro atoms. The molecule has 2 heteroatoms. The van der Waals surface area contributed by atoms with Crippen LogP contribution >= 0.6 is 0 Å². The molecule has 5 rings (SSSR count). The van der Waals surface area contributed by atoms with Gasteiger partial charge in [0.25, 0.3) is 0 Å². The van der Waals surface area contributed by atoms with Gasteiger partial charge in [-0.05, 0) is 27.8 Å². The normalized spacial score (nSPS) is 15.3. The van der Waals surface area contributed by atoms with Crippen molar-refractivity contribution in [3.8, 4) is 0 Å². The third kappa shape index (κ3) is 3.46. The minimum atomic E-state index is -0.164. The third-order valence-corrected chi connectivity index (χ3v) is 9.02. The van der Waals surface area contributed by atoms with Crippen LogP contribution in [0.2, 0.25) is 0 Å². The zero-order valence-electron chi connectivity index (χ0n) is 18.7. The van der Waals surface area contributed by atoms with Crippen LogP contribution in [0.5, 0.6) is 0 Å². The Labute approximate surface area is 197 Å². The van der Waals surface area contributed by atoms with Gasteiger partial charge in [0.2, 0.25) is 0 Å². The van der Waals surface area contributed by atoms with Crippen molar-refractivity contribution >= 4 is 20.5 Å². The van der Waals surface area contributed by atoms with E-state index >= 15 is 0 Å². The number of hydrogen-bond donors (Lipinski definition) is 0. The van der Waals surface area contributed by atoms with Crippen LogP contribution < -0.4 is 0 Å². The van der Waals surface area contributed by atoms with Crippen molar-refractivity contribution in [2.75, 3.05) is 0 Å². The van der Waals surface area contributed by atoms with E-state index < -0.39 is 0 Å². The molecule has 1 aliphatic carbocycles. The number of benzene rings is 4. The van der Waals surface area contributed by atoms with Crippen LogP contribution in [0.3, 0.4) is 0 Å². The fraction of sp³-hybridized carbons (Fsp3) is 0.0667. The summed E-state index contributed by atoms with van der Waals surface area (Å²) in [6.45, 7) is 0. The van der Waals surface area contributed by atoms with Crippen LogP contribution in [0.4, 0.5) is 0 Å². The van der Waals surface area contributed by atoms with Gasteiger partial charge in [-0.25, -0.2) is 0 Å². The quantitative estimate of drug-likeness (QED) is 0.392. The van der Waals surface area contributed by atoms with Crippen molar-refractivity contribution in [2.45, 2.75) is 11.3 Å². The Morgan fingerprint density at radius 3 is 1.28 bits per heavy atom. The fourth-order valence-corrected chi connectivity index (χ4v) is 8.45. The van der Waals surface area contributed by atoms with Crippen molar-refractivity contribution in [3.05, 3.63) is 166 Å². The largest absolute Gasteiger partial charge is 0.0697 e. The van der Waals surface area contributed by atoms with Gasteiger partial charge in [-0.15, -0.1) is 0 Å². The van der Waals surface area contributed by atoms with Crippen molar-refractivity contribution < 1.29 is 0 Å². The summed E-state index contributed by atoms with van der Waals surface area (Å²) in [5.41, 5.74) is 6.89. The Morgan fingerprint density at radius 2 is 0.875 bits per heavy atom. The maximum Gasteiger partial charge on any atom is 0.0555 e. The van der Waals surface area contributed by atoms with Crippen LogP contribution in [0, 0.1) is 0 Å². The average Bonchev–Trinajstić information content (AvgIpc) is 3.13. The molecule has 0 unspecified atom stereocenters. The molecule has 1 aliphatic rings. The molecule has 0 radical (unpaired) electrons. The van der Waals surface area contributed by atoms with Crippen molar-refractivity contribution in [1.82, 2.24) is 0 Å². The monoisotopic (exact) mass is 444 g/mol. The summed E-state index contributed by atoms with van der Waals surface area (Å²) in [6, 6.07) is 44.3. The molecule has 0 aromatic heterocycles. The summed E-state index contributed by atoms with van der Waals surface area (Å²) in [5.74, 6) is 0.267. The second kappa shape index (κ2) is 8.74. The van der Waals surface area contributed by atoms with E-state index in [1.54, 1.807) is 10.8 Å². The molecule has 0 saturated carbocycles. The number of rotatable bonds is 5. The highest BCUT2D eigenvalue weighted by molar-refractivity contribution is 6.32. The fourth-order valence-electron chi connectivity index (χ4n) is 5.45. The molecular weight excluding hydrogens is 417 g/mol. The standard InChI is InChI=1S/C30H28Si2/c31-26-21-30(24-17-9-3-10-18-24,25-19-11-4-12-20-25)29(32)28(26)27(22-13-5-1-6-14-22)23-15-7-2-8-16-23/h1-21,27H,31-32H3. The summed E-state index contributed by atoms with van der Waals surface area (Å²) in [7, 11) is 2.02. The van der Waals surface area contributed by atoms with Crippen molar-refractivity contribution in [3.63, 3.8) is 0 Å². The van der Waals surface area contributed by atoms with E-state index in [1.165, 1.54) is 27.5 Å². The van der Waals surface area contributed by atoms with Gasteiger partial charge in [0.1, 0.15) is 0 Å². The maximum atomic E-state index is 2.58. The van der Waals surface area contributed by atoms with Gasteiger partial charge < -0.3 is 0 Å². The van der Waals surface area contributed by atoms with Gasteiger partial charge in [-0.3, -0.25) is 0 Å². The molecule has 156 valence electrons. The molecule has 4 aromatic rings. The van der Waals surface area contributed by atoms with E-state index in [9.17, 15) is 0 Å². The summed E-state index contributed by atoms with van der Waals surface area (Å²) < 4.78 is 0. The molecule has 0 N–H and O–H groups in total. The lowest BCUT2D eigenvalue weighted by molar-refractivity contribution is 0.801. The van der Waals surface area contributed by atoms with E-state index in [4.69, 9.17) is 0 Å². The summed E-state index contributed by atoms with van der Waals surface area (Å²) in [6.07, 6.45) is 2.58.